The Balaban J connectivity index is 1.57. The zero-order valence-corrected chi connectivity index (χ0v) is 17.9. The van der Waals surface area contributed by atoms with E-state index in [-0.39, 0.29) is 11.8 Å². The second-order valence-electron chi connectivity index (χ2n) is 7.63. The molecule has 3 aromatic rings. The van der Waals surface area contributed by atoms with Gasteiger partial charge in [-0.1, -0.05) is 41.9 Å². The number of halogens is 1. The molecule has 0 saturated heterocycles. The van der Waals surface area contributed by atoms with Crippen LogP contribution >= 0.6 is 22.9 Å². The summed E-state index contributed by atoms with van der Waals surface area (Å²) in [6.07, 6.45) is 3.88. The fourth-order valence-electron chi connectivity index (χ4n) is 3.97. The highest BCUT2D eigenvalue weighted by Gasteiger charge is 2.29. The second-order valence-corrected chi connectivity index (χ2v) is 9.21. The van der Waals surface area contributed by atoms with Crippen LogP contribution in [0.4, 0.5) is 5.82 Å². The largest absolute Gasteiger partial charge is 0.481 e. The summed E-state index contributed by atoms with van der Waals surface area (Å²) in [4.78, 5) is 22.9. The molecule has 5 nitrogen and oxygen atoms in total. The van der Waals surface area contributed by atoms with E-state index in [1.54, 1.807) is 11.3 Å². The lowest BCUT2D eigenvalue weighted by atomic mass is 9.81. The van der Waals surface area contributed by atoms with Gasteiger partial charge in [0.05, 0.1) is 16.3 Å². The molecular weight excluding hydrogens is 406 g/mol. The summed E-state index contributed by atoms with van der Waals surface area (Å²) in [6.45, 7) is 2.76. The van der Waals surface area contributed by atoms with Crippen LogP contribution in [0.1, 0.15) is 47.9 Å². The van der Waals surface area contributed by atoms with Crippen molar-refractivity contribution in [2.45, 2.75) is 44.9 Å². The third-order valence-corrected chi connectivity index (χ3v) is 7.25. The number of rotatable bonds is 6. The number of aryl methyl sites for hydroxylation is 1. The highest BCUT2D eigenvalue weighted by molar-refractivity contribution is 7.19. The number of hydrogen-bond donors (Lipinski definition) is 2. The number of carboxylic acid groups (broad SMARTS) is 1. The molecule has 1 aromatic carbocycles. The molecule has 4 rings (SSSR count). The third kappa shape index (κ3) is 4.38. The van der Waals surface area contributed by atoms with Crippen molar-refractivity contribution in [1.29, 1.82) is 0 Å². The predicted molar refractivity (Wildman–Crippen MR) is 118 cm³/mol. The molecule has 2 aromatic heterocycles. The first-order chi connectivity index (χ1) is 14.0. The molecule has 0 aliphatic heterocycles. The fraction of sp³-hybridized carbons (Fsp3) is 0.409. The molecule has 29 heavy (non-hydrogen) atoms. The minimum absolute atomic E-state index is 0.200. The Morgan fingerprint density at radius 2 is 1.93 bits per heavy atom. The second kappa shape index (κ2) is 8.67. The Hall–Kier alpha value is -2.18. The van der Waals surface area contributed by atoms with E-state index in [2.05, 4.69) is 17.4 Å². The van der Waals surface area contributed by atoms with Gasteiger partial charge in [-0.25, -0.2) is 9.97 Å². The molecule has 0 atom stereocenters. The van der Waals surface area contributed by atoms with Gasteiger partial charge in [0.15, 0.2) is 0 Å². The molecule has 0 radical (unpaired) electrons. The number of fused-ring (bicyclic) bond motifs is 1. The maximum Gasteiger partial charge on any atom is 0.306 e. The Labute approximate surface area is 179 Å². The van der Waals surface area contributed by atoms with Crippen LogP contribution in [-0.4, -0.2) is 27.6 Å². The third-order valence-electron chi connectivity index (χ3n) is 5.66. The van der Waals surface area contributed by atoms with E-state index in [9.17, 15) is 9.90 Å². The quantitative estimate of drug-likeness (QED) is 0.528. The number of hydrogen-bond acceptors (Lipinski definition) is 5. The van der Waals surface area contributed by atoms with Crippen molar-refractivity contribution in [1.82, 2.24) is 9.97 Å². The average Bonchev–Trinajstić information content (AvgIpc) is 3.02. The number of aliphatic carboxylic acids is 1. The van der Waals surface area contributed by atoms with Gasteiger partial charge in [-0.05, 0) is 44.6 Å². The summed E-state index contributed by atoms with van der Waals surface area (Å²) < 4.78 is 0. The van der Waals surface area contributed by atoms with Gasteiger partial charge < -0.3 is 10.4 Å². The zero-order chi connectivity index (χ0) is 20.4. The Kier molecular flexibility index (Phi) is 6.01. The number of carboxylic acids is 1. The number of aromatic nitrogens is 2. The Morgan fingerprint density at radius 3 is 2.62 bits per heavy atom. The van der Waals surface area contributed by atoms with Gasteiger partial charge in [-0.3, -0.25) is 4.79 Å². The number of thiophene rings is 1. The molecule has 2 N–H and O–H groups in total. The average molecular weight is 430 g/mol. The number of nitrogens with one attached hydrogen (secondary N) is 1. The summed E-state index contributed by atoms with van der Waals surface area (Å²) in [6, 6.07) is 10.3. The SMILES string of the molecule is Cc1sc2nc(C3CCC(C(=O)O)CC3)nc(NCCc3ccccc3)c2c1Cl. The molecule has 0 amide bonds. The van der Waals surface area contributed by atoms with Crippen LogP contribution in [0.25, 0.3) is 10.2 Å². The topological polar surface area (TPSA) is 75.1 Å². The molecule has 1 aliphatic carbocycles. The number of nitrogens with zero attached hydrogens (tertiary/aromatic N) is 2. The molecule has 7 heteroatoms. The monoisotopic (exact) mass is 429 g/mol. The highest BCUT2D eigenvalue weighted by atomic mass is 35.5. The molecule has 1 saturated carbocycles. The summed E-state index contributed by atoms with van der Waals surface area (Å²) in [5.41, 5.74) is 1.27. The van der Waals surface area contributed by atoms with E-state index < -0.39 is 5.97 Å². The molecular formula is C22H24ClN3O2S. The first-order valence-corrected chi connectivity index (χ1v) is 11.2. The van der Waals surface area contributed by atoms with Crippen LogP contribution in [-0.2, 0) is 11.2 Å². The van der Waals surface area contributed by atoms with Crippen LogP contribution in [0, 0.1) is 12.8 Å². The van der Waals surface area contributed by atoms with Crippen molar-refractivity contribution in [3.05, 3.63) is 51.6 Å². The van der Waals surface area contributed by atoms with E-state index in [0.717, 1.165) is 52.5 Å². The maximum absolute atomic E-state index is 11.2. The molecule has 0 unspecified atom stereocenters. The van der Waals surface area contributed by atoms with Crippen LogP contribution in [0.5, 0.6) is 0 Å². The van der Waals surface area contributed by atoms with E-state index in [1.807, 2.05) is 25.1 Å². The van der Waals surface area contributed by atoms with Gasteiger partial charge in [0.1, 0.15) is 16.5 Å². The van der Waals surface area contributed by atoms with Crippen LogP contribution in [0.3, 0.4) is 0 Å². The summed E-state index contributed by atoms with van der Waals surface area (Å²) in [7, 11) is 0. The van der Waals surface area contributed by atoms with Crippen molar-refractivity contribution >= 4 is 44.9 Å². The molecule has 2 heterocycles. The lowest BCUT2D eigenvalue weighted by Crippen LogP contribution is -2.21. The summed E-state index contributed by atoms with van der Waals surface area (Å²) >= 11 is 8.15. The summed E-state index contributed by atoms with van der Waals surface area (Å²) in [5.74, 6) is 0.864. The number of benzene rings is 1. The minimum atomic E-state index is -0.691. The zero-order valence-electron chi connectivity index (χ0n) is 16.3. The maximum atomic E-state index is 11.2. The Bertz CT molecular complexity index is 1010. The van der Waals surface area contributed by atoms with Crippen molar-refractivity contribution in [2.75, 3.05) is 11.9 Å². The van der Waals surface area contributed by atoms with Gasteiger partial charge in [-0.15, -0.1) is 11.3 Å². The van der Waals surface area contributed by atoms with Gasteiger partial charge in [-0.2, -0.15) is 0 Å². The summed E-state index contributed by atoms with van der Waals surface area (Å²) in [5, 5.41) is 14.3. The first-order valence-electron chi connectivity index (χ1n) is 10.00. The minimum Gasteiger partial charge on any atom is -0.481 e. The number of anilines is 1. The molecule has 0 bridgehead atoms. The van der Waals surface area contributed by atoms with E-state index in [0.29, 0.717) is 17.9 Å². The van der Waals surface area contributed by atoms with Crippen LogP contribution in [0.2, 0.25) is 5.02 Å². The molecule has 1 aliphatic rings. The molecule has 1 fully saturated rings. The lowest BCUT2D eigenvalue weighted by molar-refractivity contribution is -0.142. The van der Waals surface area contributed by atoms with Gasteiger partial charge in [0.25, 0.3) is 0 Å². The van der Waals surface area contributed by atoms with Crippen LogP contribution < -0.4 is 5.32 Å². The van der Waals surface area contributed by atoms with E-state index in [1.165, 1.54) is 5.56 Å². The highest BCUT2D eigenvalue weighted by Crippen LogP contribution is 2.40. The smallest absolute Gasteiger partial charge is 0.306 e. The first kappa shape index (κ1) is 20.1. The van der Waals surface area contributed by atoms with E-state index in [4.69, 9.17) is 21.6 Å². The van der Waals surface area contributed by atoms with Crippen molar-refractivity contribution in [2.24, 2.45) is 5.92 Å². The van der Waals surface area contributed by atoms with Crippen molar-refractivity contribution in [3.8, 4) is 0 Å². The van der Waals surface area contributed by atoms with Crippen molar-refractivity contribution < 1.29 is 9.90 Å². The normalized spacial score (nSPS) is 19.4. The number of carbonyl (C=O) groups is 1. The lowest BCUT2D eigenvalue weighted by Gasteiger charge is -2.25. The Morgan fingerprint density at radius 1 is 1.21 bits per heavy atom. The predicted octanol–water partition coefficient (Wildman–Crippen LogP) is 5.67. The van der Waals surface area contributed by atoms with Gasteiger partial charge in [0, 0.05) is 17.3 Å². The standard InChI is InChI=1S/C22H24ClN3O2S/c1-13-18(23)17-20(24-12-11-14-5-3-2-4-6-14)25-19(26-21(17)29-13)15-7-9-16(10-8-15)22(27)28/h2-6,15-16H,7-12H2,1H3,(H,27,28)(H,24,25,26). The van der Waals surface area contributed by atoms with Gasteiger partial charge >= 0.3 is 5.97 Å². The van der Waals surface area contributed by atoms with Gasteiger partial charge in [0.2, 0.25) is 0 Å². The molecule has 152 valence electrons. The van der Waals surface area contributed by atoms with Crippen molar-refractivity contribution in [3.63, 3.8) is 0 Å². The van der Waals surface area contributed by atoms with E-state index >= 15 is 0 Å². The van der Waals surface area contributed by atoms with Crippen LogP contribution in [0.15, 0.2) is 30.3 Å². The molecule has 0 spiro atoms. The fourth-order valence-corrected chi connectivity index (χ4v) is 5.25.